The Labute approximate surface area is 106 Å². The molecule has 16 heavy (non-hydrogen) atoms. The summed E-state index contributed by atoms with van der Waals surface area (Å²) in [7, 11) is 0. The maximum absolute atomic E-state index is 8.63. The minimum atomic E-state index is -0.384. The van der Waals surface area contributed by atoms with Gasteiger partial charge >= 0.3 is 0 Å². The lowest BCUT2D eigenvalue weighted by Gasteiger charge is -2.05. The predicted molar refractivity (Wildman–Crippen MR) is 70.0 cm³/mol. The second kappa shape index (κ2) is 5.53. The molecule has 0 aliphatic heterocycles. The minimum Gasteiger partial charge on any atom is -0.382 e. The molecular formula is C9H8BrN5S. The third-order valence-corrected chi connectivity index (χ3v) is 3.09. The zero-order valence-electron chi connectivity index (χ0n) is 8.03. The standard InChI is InChI=1S/C9H8BrN5S/c10-5-2-1-3-6(8(5)16)14-15-7(4-11)9(12)13/h1-3,14,16H,(H3,12,13)/b15-7+. The summed E-state index contributed by atoms with van der Waals surface area (Å²) >= 11 is 7.55. The summed E-state index contributed by atoms with van der Waals surface area (Å²) in [4.78, 5) is 0.659. The first-order chi connectivity index (χ1) is 7.56. The molecule has 0 aromatic heterocycles. The fourth-order valence-electron chi connectivity index (χ4n) is 0.867. The highest BCUT2D eigenvalue weighted by atomic mass is 79.9. The number of nitrogens with two attached hydrogens (primary N) is 1. The normalized spacial score (nSPS) is 10.7. The minimum absolute atomic E-state index is 0.173. The number of benzene rings is 1. The van der Waals surface area contributed by atoms with E-state index in [0.29, 0.717) is 10.6 Å². The molecule has 4 N–H and O–H groups in total. The maximum Gasteiger partial charge on any atom is 0.201 e. The lowest BCUT2D eigenvalue weighted by atomic mass is 10.3. The first-order valence-corrected chi connectivity index (χ1v) is 5.36. The predicted octanol–water partition coefficient (Wildman–Crippen LogP) is 1.97. The number of nitriles is 1. The smallest absolute Gasteiger partial charge is 0.201 e. The molecule has 7 heteroatoms. The Morgan fingerprint density at radius 1 is 1.62 bits per heavy atom. The van der Waals surface area contributed by atoms with Gasteiger partial charge in [0.1, 0.15) is 6.07 Å². The van der Waals surface area contributed by atoms with Crippen molar-refractivity contribution in [3.8, 4) is 6.07 Å². The molecule has 0 saturated carbocycles. The molecule has 0 bridgehead atoms. The second-order valence-electron chi connectivity index (χ2n) is 2.73. The van der Waals surface area contributed by atoms with Gasteiger partial charge in [0.05, 0.1) is 5.69 Å². The van der Waals surface area contributed by atoms with Gasteiger partial charge in [-0.1, -0.05) is 6.07 Å². The third kappa shape index (κ3) is 2.98. The summed E-state index contributed by atoms with van der Waals surface area (Å²) in [5.74, 6) is -0.384. The van der Waals surface area contributed by atoms with Crippen molar-refractivity contribution in [3.63, 3.8) is 0 Å². The van der Waals surface area contributed by atoms with E-state index in [9.17, 15) is 0 Å². The maximum atomic E-state index is 8.63. The van der Waals surface area contributed by atoms with Crippen molar-refractivity contribution in [2.45, 2.75) is 4.90 Å². The number of amidine groups is 1. The molecule has 1 aromatic rings. The molecule has 0 atom stereocenters. The number of hydrazone groups is 1. The molecule has 0 heterocycles. The highest BCUT2D eigenvalue weighted by Crippen LogP contribution is 2.27. The van der Waals surface area contributed by atoms with Crippen LogP contribution in [-0.2, 0) is 0 Å². The van der Waals surface area contributed by atoms with Crippen LogP contribution in [0.2, 0.25) is 0 Å². The topological polar surface area (TPSA) is 98.0 Å². The summed E-state index contributed by atoms with van der Waals surface area (Å²) in [5, 5.41) is 19.4. The van der Waals surface area contributed by atoms with Crippen molar-refractivity contribution in [1.82, 2.24) is 0 Å². The molecule has 0 amide bonds. The average Bonchev–Trinajstić information content (AvgIpc) is 2.24. The van der Waals surface area contributed by atoms with Gasteiger partial charge in [-0.3, -0.25) is 10.8 Å². The van der Waals surface area contributed by atoms with Crippen LogP contribution in [0.25, 0.3) is 0 Å². The van der Waals surface area contributed by atoms with Crippen LogP contribution in [0.4, 0.5) is 5.69 Å². The van der Waals surface area contributed by atoms with Crippen LogP contribution in [0.3, 0.4) is 0 Å². The van der Waals surface area contributed by atoms with Gasteiger partial charge in [0.15, 0.2) is 5.84 Å². The van der Waals surface area contributed by atoms with Gasteiger partial charge in [-0.2, -0.15) is 10.4 Å². The van der Waals surface area contributed by atoms with Crippen LogP contribution >= 0.6 is 28.6 Å². The van der Waals surface area contributed by atoms with Gasteiger partial charge in [0.2, 0.25) is 5.71 Å². The number of hydrogen-bond donors (Lipinski definition) is 4. The number of anilines is 1. The Morgan fingerprint density at radius 3 is 2.88 bits per heavy atom. The molecule has 0 aliphatic rings. The highest BCUT2D eigenvalue weighted by Gasteiger charge is 2.04. The van der Waals surface area contributed by atoms with Crippen LogP contribution < -0.4 is 11.2 Å². The zero-order valence-corrected chi connectivity index (χ0v) is 10.5. The quantitative estimate of drug-likeness (QED) is 0.297. The molecule has 5 nitrogen and oxygen atoms in total. The summed E-state index contributed by atoms with van der Waals surface area (Å²) < 4.78 is 0.803. The van der Waals surface area contributed by atoms with E-state index in [1.54, 1.807) is 18.2 Å². The van der Waals surface area contributed by atoms with Crippen molar-refractivity contribution >= 4 is 45.8 Å². The molecule has 0 aliphatic carbocycles. The van der Waals surface area contributed by atoms with Crippen LogP contribution in [0.1, 0.15) is 0 Å². The first-order valence-electron chi connectivity index (χ1n) is 4.12. The van der Waals surface area contributed by atoms with E-state index < -0.39 is 0 Å². The van der Waals surface area contributed by atoms with Crippen molar-refractivity contribution in [2.24, 2.45) is 10.8 Å². The number of nitrogens with zero attached hydrogens (tertiary/aromatic N) is 2. The number of nitrogens with one attached hydrogen (secondary N) is 2. The van der Waals surface area contributed by atoms with Gasteiger partial charge in [0.25, 0.3) is 0 Å². The van der Waals surface area contributed by atoms with Crippen LogP contribution in [0.5, 0.6) is 0 Å². The van der Waals surface area contributed by atoms with Crippen LogP contribution in [0, 0.1) is 16.7 Å². The zero-order chi connectivity index (χ0) is 12.1. The van der Waals surface area contributed by atoms with Crippen molar-refractivity contribution in [2.75, 3.05) is 5.43 Å². The van der Waals surface area contributed by atoms with E-state index in [0.717, 1.165) is 4.47 Å². The Bertz CT molecular complexity index is 491. The largest absolute Gasteiger partial charge is 0.382 e. The molecule has 1 aromatic carbocycles. The van der Waals surface area contributed by atoms with E-state index in [1.807, 2.05) is 6.07 Å². The van der Waals surface area contributed by atoms with E-state index in [2.05, 4.69) is 39.1 Å². The van der Waals surface area contributed by atoms with Crippen molar-refractivity contribution in [1.29, 1.82) is 10.7 Å². The van der Waals surface area contributed by atoms with Crippen LogP contribution in [0.15, 0.2) is 32.7 Å². The van der Waals surface area contributed by atoms with Crippen molar-refractivity contribution in [3.05, 3.63) is 22.7 Å². The highest BCUT2D eigenvalue weighted by molar-refractivity contribution is 9.10. The summed E-state index contributed by atoms with van der Waals surface area (Å²) in [6, 6.07) is 7.07. The van der Waals surface area contributed by atoms with Gasteiger partial charge in [0, 0.05) is 9.37 Å². The summed E-state index contributed by atoms with van der Waals surface area (Å²) in [6.07, 6.45) is 0. The Kier molecular flexibility index (Phi) is 4.34. The number of rotatable bonds is 3. The molecule has 0 saturated heterocycles. The van der Waals surface area contributed by atoms with Crippen molar-refractivity contribution < 1.29 is 0 Å². The fraction of sp³-hybridized carbons (Fsp3) is 0. The molecule has 82 valence electrons. The average molecular weight is 298 g/mol. The monoisotopic (exact) mass is 297 g/mol. The lowest BCUT2D eigenvalue weighted by molar-refractivity contribution is 1.27. The molecule has 0 unspecified atom stereocenters. The van der Waals surface area contributed by atoms with Gasteiger partial charge in [-0.05, 0) is 28.1 Å². The Hall–Kier alpha value is -1.52. The van der Waals surface area contributed by atoms with E-state index in [1.165, 1.54) is 0 Å². The SMILES string of the molecule is N#C/C(=N\Nc1cccc(Br)c1S)C(=N)N. The van der Waals surface area contributed by atoms with Gasteiger partial charge < -0.3 is 5.73 Å². The molecule has 1 rings (SSSR count). The van der Waals surface area contributed by atoms with E-state index >= 15 is 0 Å². The number of hydrogen-bond acceptors (Lipinski definition) is 5. The Morgan fingerprint density at radius 2 is 2.31 bits per heavy atom. The van der Waals surface area contributed by atoms with Crippen LogP contribution in [-0.4, -0.2) is 11.5 Å². The molecular weight excluding hydrogens is 290 g/mol. The Balaban J connectivity index is 2.95. The molecule has 0 spiro atoms. The number of halogens is 1. The van der Waals surface area contributed by atoms with E-state index in [4.69, 9.17) is 16.4 Å². The van der Waals surface area contributed by atoms with Gasteiger partial charge in [-0.15, -0.1) is 12.6 Å². The summed E-state index contributed by atoms with van der Waals surface area (Å²) in [6.45, 7) is 0. The van der Waals surface area contributed by atoms with Gasteiger partial charge in [-0.25, -0.2) is 0 Å². The summed E-state index contributed by atoms with van der Waals surface area (Å²) in [5.41, 5.74) is 8.21. The lowest BCUT2D eigenvalue weighted by Crippen LogP contribution is -2.21. The molecule has 0 fully saturated rings. The molecule has 0 radical (unpaired) electrons. The van der Waals surface area contributed by atoms with E-state index in [-0.39, 0.29) is 11.5 Å². The second-order valence-corrected chi connectivity index (χ2v) is 4.04. The first kappa shape index (κ1) is 12.5. The fourth-order valence-corrected chi connectivity index (χ4v) is 1.43. The number of thiol groups is 1. The third-order valence-electron chi connectivity index (χ3n) is 1.64.